The highest BCUT2D eigenvalue weighted by atomic mass is 79.9. The van der Waals surface area contributed by atoms with Crippen LogP contribution < -0.4 is 0 Å². The third-order valence-corrected chi connectivity index (χ3v) is 8.88. The third-order valence-electron chi connectivity index (χ3n) is 8.04. The maximum Gasteiger partial charge on any atom is 0.312 e. The van der Waals surface area contributed by atoms with Gasteiger partial charge in [0.05, 0.1) is 37.2 Å². The molecule has 37 heavy (non-hydrogen) atoms. The van der Waals surface area contributed by atoms with Crippen molar-refractivity contribution in [2.45, 2.75) is 87.9 Å². The number of alkyl halides is 1. The smallest absolute Gasteiger partial charge is 0.312 e. The Bertz CT molecular complexity index is 866. The first-order valence-corrected chi connectivity index (χ1v) is 14.5. The van der Waals surface area contributed by atoms with Gasteiger partial charge in [-0.05, 0) is 31.6 Å². The van der Waals surface area contributed by atoms with Crippen LogP contribution in [0.1, 0.15) is 59.3 Å². The van der Waals surface area contributed by atoms with E-state index in [0.717, 1.165) is 25.7 Å². The zero-order valence-electron chi connectivity index (χ0n) is 22.4. The van der Waals surface area contributed by atoms with Gasteiger partial charge in [0.15, 0.2) is 0 Å². The molecule has 0 aliphatic carbocycles. The van der Waals surface area contributed by atoms with Crippen molar-refractivity contribution in [3.05, 3.63) is 25.3 Å². The SMILES string of the molecule is C=CCCCOC(=O)[C@H]1[C@H]2C(=O)N([C@@H](CO)C(C)C)C(C(=O)N(CC=C)CCCCC)C23CC(Br)[C@@H]1O3. The molecular formula is C28H43BrN2O6. The quantitative estimate of drug-likeness (QED) is 0.137. The first kappa shape index (κ1) is 29.8. The summed E-state index contributed by atoms with van der Waals surface area (Å²) in [7, 11) is 0. The van der Waals surface area contributed by atoms with Crippen LogP contribution in [-0.2, 0) is 23.9 Å². The highest BCUT2D eigenvalue weighted by Gasteiger charge is 2.77. The normalized spacial score (nSPS) is 30.9. The van der Waals surface area contributed by atoms with Crippen molar-refractivity contribution in [3.8, 4) is 0 Å². The third kappa shape index (κ3) is 5.55. The Morgan fingerprint density at radius 1 is 1.30 bits per heavy atom. The van der Waals surface area contributed by atoms with Crippen LogP contribution in [0.5, 0.6) is 0 Å². The summed E-state index contributed by atoms with van der Waals surface area (Å²) >= 11 is 3.68. The van der Waals surface area contributed by atoms with Gasteiger partial charge in [-0.2, -0.15) is 0 Å². The molecule has 7 atom stereocenters. The molecule has 3 unspecified atom stereocenters. The number of allylic oxidation sites excluding steroid dienone is 1. The molecule has 3 fully saturated rings. The summed E-state index contributed by atoms with van der Waals surface area (Å²) in [4.78, 5) is 44.8. The number of likely N-dealkylation sites (tertiary alicyclic amines) is 1. The minimum absolute atomic E-state index is 0.103. The number of hydrogen-bond donors (Lipinski definition) is 1. The van der Waals surface area contributed by atoms with Crippen molar-refractivity contribution >= 4 is 33.7 Å². The van der Waals surface area contributed by atoms with Gasteiger partial charge in [-0.25, -0.2) is 0 Å². The van der Waals surface area contributed by atoms with Gasteiger partial charge in [-0.3, -0.25) is 14.4 Å². The van der Waals surface area contributed by atoms with Crippen molar-refractivity contribution in [3.63, 3.8) is 0 Å². The Morgan fingerprint density at radius 2 is 2.03 bits per heavy atom. The van der Waals surface area contributed by atoms with E-state index >= 15 is 0 Å². The molecule has 8 nitrogen and oxygen atoms in total. The summed E-state index contributed by atoms with van der Waals surface area (Å²) in [5.74, 6) is -2.74. The molecule has 0 aromatic heterocycles. The van der Waals surface area contributed by atoms with Crippen LogP contribution in [-0.4, -0.2) is 87.6 Å². The van der Waals surface area contributed by atoms with E-state index in [9.17, 15) is 19.5 Å². The number of fused-ring (bicyclic) bond motifs is 1. The van der Waals surface area contributed by atoms with Gasteiger partial charge >= 0.3 is 5.97 Å². The summed E-state index contributed by atoms with van der Waals surface area (Å²) in [6.07, 6.45) is 7.53. The molecule has 0 aromatic rings. The van der Waals surface area contributed by atoms with Gasteiger partial charge in [0.2, 0.25) is 11.8 Å². The number of halogens is 1. The lowest BCUT2D eigenvalue weighted by Crippen LogP contribution is -2.60. The Labute approximate surface area is 229 Å². The summed E-state index contributed by atoms with van der Waals surface area (Å²) in [5, 5.41) is 10.3. The van der Waals surface area contributed by atoms with Gasteiger partial charge in [-0.1, -0.05) is 61.7 Å². The predicted molar refractivity (Wildman–Crippen MR) is 145 cm³/mol. The topological polar surface area (TPSA) is 96.4 Å². The van der Waals surface area contributed by atoms with Crippen LogP contribution >= 0.6 is 15.9 Å². The lowest BCUT2D eigenvalue weighted by Gasteiger charge is -2.40. The van der Waals surface area contributed by atoms with Crippen LogP contribution in [0, 0.1) is 17.8 Å². The Balaban J connectivity index is 2.02. The zero-order chi connectivity index (χ0) is 27.3. The average molecular weight is 584 g/mol. The number of esters is 1. The maximum atomic E-state index is 14.3. The minimum Gasteiger partial charge on any atom is -0.465 e. The minimum atomic E-state index is -1.16. The molecule has 208 valence electrons. The fourth-order valence-electron chi connectivity index (χ4n) is 6.26. The molecule has 1 N–H and O–H groups in total. The average Bonchev–Trinajstić information content (AvgIpc) is 3.45. The first-order valence-electron chi connectivity index (χ1n) is 13.6. The fraction of sp³-hybridized carbons (Fsp3) is 0.750. The molecule has 3 aliphatic rings. The van der Waals surface area contributed by atoms with E-state index < -0.39 is 41.6 Å². The number of aliphatic hydroxyl groups is 1. The van der Waals surface area contributed by atoms with Gasteiger partial charge in [0, 0.05) is 17.9 Å². The van der Waals surface area contributed by atoms with Gasteiger partial charge < -0.3 is 24.4 Å². The number of unbranched alkanes of at least 4 members (excludes halogenated alkanes) is 3. The molecule has 3 rings (SSSR count). The van der Waals surface area contributed by atoms with E-state index in [1.54, 1.807) is 17.1 Å². The van der Waals surface area contributed by atoms with E-state index in [0.29, 0.717) is 25.9 Å². The molecule has 9 heteroatoms. The monoisotopic (exact) mass is 582 g/mol. The number of carbonyl (C=O) groups is 3. The number of amides is 2. The molecule has 3 heterocycles. The summed E-state index contributed by atoms with van der Waals surface area (Å²) < 4.78 is 12.1. The Hall–Kier alpha value is -1.71. The van der Waals surface area contributed by atoms with E-state index in [1.807, 2.05) is 13.8 Å². The number of aliphatic hydroxyl groups excluding tert-OH is 1. The van der Waals surface area contributed by atoms with Crippen LogP contribution in [0.2, 0.25) is 0 Å². The number of hydrogen-bond acceptors (Lipinski definition) is 6. The lowest BCUT2D eigenvalue weighted by molar-refractivity contribution is -0.157. The van der Waals surface area contributed by atoms with Gasteiger partial charge in [0.25, 0.3) is 0 Å². The summed E-state index contributed by atoms with van der Waals surface area (Å²) in [6, 6.07) is -1.52. The molecule has 0 saturated carbocycles. The first-order chi connectivity index (χ1) is 17.7. The van der Waals surface area contributed by atoms with Crippen LogP contribution in [0.25, 0.3) is 0 Å². The lowest BCUT2D eigenvalue weighted by atomic mass is 9.70. The fourth-order valence-corrected chi connectivity index (χ4v) is 7.21. The molecule has 0 radical (unpaired) electrons. The maximum absolute atomic E-state index is 14.3. The molecule has 1 spiro atoms. The standard InChI is InChI=1S/C28H43BrN2O6/c1-6-9-11-14-30(13-8-3)26(34)24-28-16-19(29)23(37-28)21(27(35)36-15-12-10-7-2)22(28)25(33)31(24)20(17-32)18(4)5/h7-8,18-24,32H,2-3,6,9-17H2,1,4-5H3/t19?,20-,21-,22-,23-,24?,28?/m0/s1. The highest BCUT2D eigenvalue weighted by Crippen LogP contribution is 2.61. The van der Waals surface area contributed by atoms with Gasteiger partial charge in [-0.15, -0.1) is 13.2 Å². The number of ether oxygens (including phenoxy) is 2. The predicted octanol–water partition coefficient (Wildman–Crippen LogP) is 3.47. The molecule has 3 saturated heterocycles. The van der Waals surface area contributed by atoms with E-state index in [-0.39, 0.29) is 35.8 Å². The molecule has 2 bridgehead atoms. The Kier molecular flexibility index (Phi) is 10.4. The van der Waals surface area contributed by atoms with Crippen LogP contribution in [0.4, 0.5) is 0 Å². The second-order valence-electron chi connectivity index (χ2n) is 10.8. The zero-order valence-corrected chi connectivity index (χ0v) is 24.0. The second-order valence-corrected chi connectivity index (χ2v) is 12.0. The van der Waals surface area contributed by atoms with Crippen molar-refractivity contribution in [2.75, 3.05) is 26.3 Å². The molecular weight excluding hydrogens is 540 g/mol. The van der Waals surface area contributed by atoms with Gasteiger partial charge in [0.1, 0.15) is 11.6 Å². The van der Waals surface area contributed by atoms with Crippen molar-refractivity contribution < 1.29 is 29.0 Å². The second kappa shape index (κ2) is 12.9. The van der Waals surface area contributed by atoms with Crippen molar-refractivity contribution in [1.29, 1.82) is 0 Å². The number of carbonyl (C=O) groups excluding carboxylic acids is 3. The van der Waals surface area contributed by atoms with Crippen LogP contribution in [0.15, 0.2) is 25.3 Å². The summed E-state index contributed by atoms with van der Waals surface area (Å²) in [6.45, 7) is 14.3. The van der Waals surface area contributed by atoms with Crippen molar-refractivity contribution in [1.82, 2.24) is 9.80 Å². The largest absolute Gasteiger partial charge is 0.465 e. The van der Waals surface area contributed by atoms with E-state index in [4.69, 9.17) is 9.47 Å². The number of nitrogens with zero attached hydrogens (tertiary/aromatic N) is 2. The molecule has 0 aromatic carbocycles. The highest BCUT2D eigenvalue weighted by molar-refractivity contribution is 9.09. The van der Waals surface area contributed by atoms with Crippen LogP contribution in [0.3, 0.4) is 0 Å². The molecule has 2 amide bonds. The molecule has 3 aliphatic heterocycles. The van der Waals surface area contributed by atoms with E-state index in [2.05, 4.69) is 36.0 Å². The van der Waals surface area contributed by atoms with Crippen molar-refractivity contribution in [2.24, 2.45) is 17.8 Å². The summed E-state index contributed by atoms with van der Waals surface area (Å²) in [5.41, 5.74) is -1.16. The van der Waals surface area contributed by atoms with E-state index in [1.165, 1.54) is 4.90 Å². The number of rotatable bonds is 15. The Morgan fingerprint density at radius 3 is 2.62 bits per heavy atom.